The van der Waals surface area contributed by atoms with E-state index in [1.807, 2.05) is 38.1 Å². The maximum Gasteiger partial charge on any atom is 0.329 e. The summed E-state index contributed by atoms with van der Waals surface area (Å²) in [6, 6.07) is 7.24. The number of hydrogen-bond donors (Lipinski definition) is 2. The summed E-state index contributed by atoms with van der Waals surface area (Å²) in [5, 5.41) is 13.7. The second kappa shape index (κ2) is 16.9. The van der Waals surface area contributed by atoms with E-state index >= 15 is 0 Å². The van der Waals surface area contributed by atoms with Gasteiger partial charge >= 0.3 is 5.69 Å². The fourth-order valence-corrected chi connectivity index (χ4v) is 10.2. The third kappa shape index (κ3) is 7.95. The van der Waals surface area contributed by atoms with Gasteiger partial charge in [-0.05, 0) is 90.0 Å². The van der Waals surface area contributed by atoms with Crippen LogP contribution in [0.25, 0.3) is 16.7 Å². The maximum absolute atomic E-state index is 14.4. The standard InChI is InChI=1S/C43H54F2N12O5/c1-25-21-54(22-26(2)62-25)35-16-19-55-40(48-35)30(20-46-55)41(59)47-31-24-56(50-37(31)39(44)45)29-10-8-27(9-11-29)23-51(3)28-14-17-53(18-15-28)32-6-5-7-33-38(32)52(4)43(61)57(33)34-12-13-36(58)49-42(34)60/h5-7,16,19-20,24-29,34,39H,8-15,17-18,21-23H2,1-4H3,(H,47,59)(H,49,58,60)/t25-,26-,27?,29?,34?/m1/s1. The number of morpholine rings is 1. The molecular formula is C43H54F2N12O5. The molecule has 0 radical (unpaired) electrons. The van der Waals surface area contributed by atoms with Crippen LogP contribution in [0.5, 0.6) is 0 Å². The van der Waals surface area contributed by atoms with Crippen LogP contribution >= 0.6 is 0 Å². The highest BCUT2D eigenvalue weighted by Crippen LogP contribution is 2.37. The van der Waals surface area contributed by atoms with Crippen molar-refractivity contribution in [2.24, 2.45) is 13.0 Å². The van der Waals surface area contributed by atoms with Crippen molar-refractivity contribution in [2.45, 2.75) is 102 Å². The molecule has 4 aromatic heterocycles. The second-order valence-electron chi connectivity index (χ2n) is 17.6. The highest BCUT2D eigenvalue weighted by Gasteiger charge is 2.34. The normalized spacial score (nSPS) is 24.2. The van der Waals surface area contributed by atoms with Gasteiger partial charge in [0.15, 0.2) is 11.3 Å². The quantitative estimate of drug-likeness (QED) is 0.187. The molecule has 3 atom stereocenters. The summed E-state index contributed by atoms with van der Waals surface area (Å²) in [7, 11) is 3.91. The number of halogens is 2. The third-order valence-electron chi connectivity index (χ3n) is 13.3. The summed E-state index contributed by atoms with van der Waals surface area (Å²) in [5.74, 6) is -0.215. The second-order valence-corrected chi connectivity index (χ2v) is 17.6. The lowest BCUT2D eigenvalue weighted by atomic mass is 9.85. The minimum atomic E-state index is -2.87. The van der Waals surface area contributed by atoms with E-state index < -0.39 is 30.0 Å². The number of aromatic nitrogens is 7. The first-order chi connectivity index (χ1) is 29.8. The molecule has 1 saturated carbocycles. The smallest absolute Gasteiger partial charge is 0.329 e. The number of fused-ring (bicyclic) bond motifs is 2. The van der Waals surface area contributed by atoms with E-state index in [0.717, 1.165) is 69.4 Å². The number of hydrogen-bond acceptors (Lipinski definition) is 11. The Kier molecular flexibility index (Phi) is 11.3. The number of carbonyl (C=O) groups is 3. The molecule has 1 unspecified atom stereocenters. The van der Waals surface area contributed by atoms with Gasteiger partial charge in [0.25, 0.3) is 12.3 Å². The number of nitrogens with one attached hydrogen (secondary N) is 2. The predicted molar refractivity (Wildman–Crippen MR) is 228 cm³/mol. The molecule has 4 aliphatic rings. The van der Waals surface area contributed by atoms with Crippen LogP contribution in [0, 0.1) is 5.92 Å². The molecular weight excluding hydrogens is 803 g/mol. The van der Waals surface area contributed by atoms with E-state index in [1.165, 1.54) is 21.5 Å². The lowest BCUT2D eigenvalue weighted by Gasteiger charge is -2.40. The van der Waals surface area contributed by atoms with E-state index in [2.05, 4.69) is 42.6 Å². The number of nitrogens with zero attached hydrogens (tertiary/aromatic N) is 10. The van der Waals surface area contributed by atoms with Gasteiger partial charge < -0.3 is 24.8 Å². The van der Waals surface area contributed by atoms with Gasteiger partial charge in [0.2, 0.25) is 11.8 Å². The zero-order chi connectivity index (χ0) is 43.4. The molecule has 3 saturated heterocycles. The Hall–Kier alpha value is -5.69. The van der Waals surface area contributed by atoms with Crippen LogP contribution in [-0.2, 0) is 21.4 Å². The molecule has 7 heterocycles. The molecule has 1 aliphatic carbocycles. The molecule has 5 aromatic rings. The van der Waals surface area contributed by atoms with Crippen molar-refractivity contribution in [3.8, 4) is 0 Å². The number of aryl methyl sites for hydroxylation is 1. The van der Waals surface area contributed by atoms with Gasteiger partial charge in [-0.25, -0.2) is 23.1 Å². The molecule has 0 bridgehead atoms. The van der Waals surface area contributed by atoms with Crippen molar-refractivity contribution in [1.29, 1.82) is 0 Å². The number of rotatable bonds is 10. The van der Waals surface area contributed by atoms with Crippen molar-refractivity contribution < 1.29 is 27.9 Å². The number of imide groups is 1. The average molecular weight is 857 g/mol. The van der Waals surface area contributed by atoms with Gasteiger partial charge in [-0.3, -0.25) is 33.5 Å². The molecule has 0 spiro atoms. The van der Waals surface area contributed by atoms with Crippen LogP contribution in [0.1, 0.15) is 99.8 Å². The first-order valence-corrected chi connectivity index (χ1v) is 21.7. The van der Waals surface area contributed by atoms with Gasteiger partial charge in [0.05, 0.1) is 46.9 Å². The van der Waals surface area contributed by atoms with E-state index in [1.54, 1.807) is 22.5 Å². The van der Waals surface area contributed by atoms with Crippen molar-refractivity contribution in [3.05, 3.63) is 64.6 Å². The van der Waals surface area contributed by atoms with Crippen molar-refractivity contribution in [1.82, 2.24) is 43.7 Å². The van der Waals surface area contributed by atoms with Gasteiger partial charge in [-0.15, -0.1) is 0 Å². The molecule has 62 heavy (non-hydrogen) atoms. The van der Waals surface area contributed by atoms with Crippen LogP contribution in [0.15, 0.2) is 47.7 Å². The summed E-state index contributed by atoms with van der Waals surface area (Å²) in [6.07, 6.45) is 7.64. The molecule has 330 valence electrons. The summed E-state index contributed by atoms with van der Waals surface area (Å²) in [4.78, 5) is 63.2. The Morgan fingerprint density at radius 3 is 2.45 bits per heavy atom. The lowest BCUT2D eigenvalue weighted by Crippen LogP contribution is -2.45. The number of amides is 3. The van der Waals surface area contributed by atoms with E-state index in [0.29, 0.717) is 42.0 Å². The molecule has 9 rings (SSSR count). The average Bonchev–Trinajstić information content (AvgIpc) is 3.95. The Morgan fingerprint density at radius 1 is 1.00 bits per heavy atom. The summed E-state index contributed by atoms with van der Waals surface area (Å²) in [5.41, 5.74) is 2.18. The van der Waals surface area contributed by atoms with Crippen molar-refractivity contribution >= 4 is 51.6 Å². The molecule has 19 heteroatoms. The maximum atomic E-state index is 14.4. The Bertz CT molecular complexity index is 2540. The minimum absolute atomic E-state index is 0.0186. The summed E-state index contributed by atoms with van der Waals surface area (Å²) in [6.45, 7) is 7.85. The SMILES string of the molecule is C[C@@H]1CN(c2ccn3ncc(C(=O)Nc4cn(C5CCC(CN(C)C6CCN(c7cccc8c7n(C)c(=O)n8C7CCC(=O)NC7=O)CC6)CC5)nc4C(F)F)c3n2)C[C@@H](C)O1. The highest BCUT2D eigenvalue weighted by atomic mass is 19.3. The lowest BCUT2D eigenvalue weighted by molar-refractivity contribution is -0.135. The molecule has 2 N–H and O–H groups in total. The van der Waals surface area contributed by atoms with Crippen molar-refractivity contribution in [3.63, 3.8) is 0 Å². The van der Waals surface area contributed by atoms with Gasteiger partial charge in [0.1, 0.15) is 17.4 Å². The highest BCUT2D eigenvalue weighted by molar-refractivity contribution is 6.08. The molecule has 4 fully saturated rings. The van der Waals surface area contributed by atoms with Crippen LogP contribution in [0.3, 0.4) is 0 Å². The number of para-hydroxylation sites is 1. The fourth-order valence-electron chi connectivity index (χ4n) is 10.2. The zero-order valence-corrected chi connectivity index (χ0v) is 35.5. The minimum Gasteiger partial charge on any atom is -0.372 e. The number of ether oxygens (including phenoxy) is 1. The van der Waals surface area contributed by atoms with E-state index in [-0.39, 0.29) is 53.9 Å². The number of imidazole rings is 1. The Morgan fingerprint density at radius 2 is 1.74 bits per heavy atom. The van der Waals surface area contributed by atoms with Gasteiger partial charge in [0, 0.05) is 64.6 Å². The number of carbonyl (C=O) groups excluding carboxylic acids is 3. The number of piperidine rings is 2. The summed E-state index contributed by atoms with van der Waals surface area (Å²) < 4.78 is 40.8. The van der Waals surface area contributed by atoms with Crippen LogP contribution in [0.2, 0.25) is 0 Å². The largest absolute Gasteiger partial charge is 0.372 e. The molecule has 3 aliphatic heterocycles. The predicted octanol–water partition coefficient (Wildman–Crippen LogP) is 4.69. The molecule has 1 aromatic carbocycles. The van der Waals surface area contributed by atoms with E-state index in [4.69, 9.17) is 9.72 Å². The van der Waals surface area contributed by atoms with E-state index in [9.17, 15) is 28.0 Å². The Balaban J connectivity index is 0.802. The van der Waals surface area contributed by atoms with Gasteiger partial charge in [-0.1, -0.05) is 6.07 Å². The topological polar surface area (TPSA) is 169 Å². The number of alkyl halides is 2. The monoisotopic (exact) mass is 856 g/mol. The number of benzene rings is 1. The van der Waals surface area contributed by atoms with Crippen LogP contribution < -0.4 is 26.1 Å². The number of anilines is 3. The zero-order valence-electron chi connectivity index (χ0n) is 35.5. The summed E-state index contributed by atoms with van der Waals surface area (Å²) >= 11 is 0. The molecule has 3 amide bonds. The Labute approximate surface area is 357 Å². The van der Waals surface area contributed by atoms with Crippen molar-refractivity contribution in [2.75, 3.05) is 54.9 Å². The third-order valence-corrected chi connectivity index (χ3v) is 13.3. The van der Waals surface area contributed by atoms with Crippen LogP contribution in [0.4, 0.5) is 26.0 Å². The van der Waals surface area contributed by atoms with Crippen LogP contribution in [-0.4, -0.2) is 114 Å². The molecule has 17 nitrogen and oxygen atoms in total. The first-order valence-electron chi connectivity index (χ1n) is 21.7. The fraction of sp³-hybridized carbons (Fsp3) is 0.558. The first kappa shape index (κ1) is 41.7. The van der Waals surface area contributed by atoms with Gasteiger partial charge in [-0.2, -0.15) is 10.2 Å².